The fourth-order valence-electron chi connectivity index (χ4n) is 2.63. The Hall–Kier alpha value is -0.820. The first-order chi connectivity index (χ1) is 9.80. The van der Waals surface area contributed by atoms with Gasteiger partial charge in [0.15, 0.2) is 0 Å². The number of halogens is 1. The fourth-order valence-corrected chi connectivity index (χ4v) is 4.15. The summed E-state index contributed by atoms with van der Waals surface area (Å²) in [5.41, 5.74) is 5.99. The standard InChI is InChI=1S/C14H22ClN3O2S/c1-17-7-5-11(6-8-17)10-18(2)21(19,20)14-4-3-12(15)9-13(14)16/h3-4,9,11H,5-8,10,16H2,1-2H3. The summed E-state index contributed by atoms with van der Waals surface area (Å²) >= 11 is 5.82. The average Bonchev–Trinajstić information content (AvgIpc) is 2.40. The predicted octanol–water partition coefficient (Wildman–Crippen LogP) is 1.88. The lowest BCUT2D eigenvalue weighted by Crippen LogP contribution is -2.38. The lowest BCUT2D eigenvalue weighted by atomic mass is 9.97. The molecule has 0 saturated carbocycles. The van der Waals surface area contributed by atoms with Gasteiger partial charge in [-0.05, 0) is 57.1 Å². The van der Waals surface area contributed by atoms with Crippen molar-refractivity contribution in [3.63, 3.8) is 0 Å². The van der Waals surface area contributed by atoms with Crippen LogP contribution in [0, 0.1) is 5.92 Å². The van der Waals surface area contributed by atoms with E-state index in [9.17, 15) is 8.42 Å². The number of nitrogens with zero attached hydrogens (tertiary/aromatic N) is 2. The fraction of sp³-hybridized carbons (Fsp3) is 0.571. The molecule has 0 atom stereocenters. The first-order valence-corrected chi connectivity index (χ1v) is 8.82. The Bertz CT molecular complexity index is 598. The Labute approximate surface area is 131 Å². The van der Waals surface area contributed by atoms with Gasteiger partial charge in [0.05, 0.1) is 5.69 Å². The molecule has 1 saturated heterocycles. The monoisotopic (exact) mass is 331 g/mol. The number of nitrogens with two attached hydrogens (primary N) is 1. The molecule has 0 radical (unpaired) electrons. The number of nitrogen functional groups attached to an aromatic ring is 1. The van der Waals surface area contributed by atoms with E-state index in [-0.39, 0.29) is 10.6 Å². The molecule has 1 fully saturated rings. The van der Waals surface area contributed by atoms with Crippen LogP contribution in [0.1, 0.15) is 12.8 Å². The molecule has 2 rings (SSSR count). The first kappa shape index (κ1) is 16.5. The van der Waals surface area contributed by atoms with Crippen molar-refractivity contribution >= 4 is 27.3 Å². The van der Waals surface area contributed by atoms with Gasteiger partial charge in [0, 0.05) is 18.6 Å². The molecule has 5 nitrogen and oxygen atoms in total. The summed E-state index contributed by atoms with van der Waals surface area (Å²) in [6, 6.07) is 4.49. The molecule has 0 unspecified atom stereocenters. The van der Waals surface area contributed by atoms with Crippen molar-refractivity contribution in [2.45, 2.75) is 17.7 Å². The van der Waals surface area contributed by atoms with E-state index in [1.54, 1.807) is 13.1 Å². The molecule has 0 spiro atoms. The summed E-state index contributed by atoms with van der Waals surface area (Å²) in [5.74, 6) is 0.398. The molecule has 0 bridgehead atoms. The maximum absolute atomic E-state index is 12.6. The molecule has 0 aliphatic carbocycles. The van der Waals surface area contributed by atoms with Gasteiger partial charge >= 0.3 is 0 Å². The maximum Gasteiger partial charge on any atom is 0.244 e. The van der Waals surface area contributed by atoms with E-state index in [1.807, 2.05) is 0 Å². The van der Waals surface area contributed by atoms with Crippen molar-refractivity contribution in [3.05, 3.63) is 23.2 Å². The minimum atomic E-state index is -3.56. The molecule has 1 aromatic carbocycles. The number of anilines is 1. The molecule has 0 aromatic heterocycles. The van der Waals surface area contributed by atoms with Crippen LogP contribution in [0.2, 0.25) is 5.02 Å². The van der Waals surface area contributed by atoms with Crippen molar-refractivity contribution in [3.8, 4) is 0 Å². The van der Waals surface area contributed by atoms with E-state index in [1.165, 1.54) is 16.4 Å². The highest BCUT2D eigenvalue weighted by atomic mass is 35.5. The lowest BCUT2D eigenvalue weighted by molar-refractivity contribution is 0.202. The van der Waals surface area contributed by atoms with Gasteiger partial charge < -0.3 is 10.6 Å². The Morgan fingerprint density at radius 1 is 1.38 bits per heavy atom. The van der Waals surface area contributed by atoms with Crippen LogP contribution >= 0.6 is 11.6 Å². The Morgan fingerprint density at radius 3 is 2.57 bits per heavy atom. The summed E-state index contributed by atoms with van der Waals surface area (Å²) in [5, 5.41) is 0.435. The van der Waals surface area contributed by atoms with E-state index >= 15 is 0 Å². The van der Waals surface area contributed by atoms with Crippen LogP contribution in [-0.2, 0) is 10.0 Å². The van der Waals surface area contributed by atoms with Crippen molar-refractivity contribution in [2.75, 3.05) is 39.5 Å². The smallest absolute Gasteiger partial charge is 0.244 e. The van der Waals surface area contributed by atoms with Crippen LogP contribution in [0.4, 0.5) is 5.69 Å². The second kappa shape index (κ2) is 6.52. The molecule has 1 aliphatic rings. The van der Waals surface area contributed by atoms with E-state index in [4.69, 9.17) is 17.3 Å². The molecule has 118 valence electrons. The van der Waals surface area contributed by atoms with Crippen LogP contribution in [0.5, 0.6) is 0 Å². The quantitative estimate of drug-likeness (QED) is 0.855. The van der Waals surface area contributed by atoms with Crippen LogP contribution in [-0.4, -0.2) is 51.4 Å². The second-order valence-corrected chi connectivity index (χ2v) is 8.16. The number of rotatable bonds is 4. The number of piperidine rings is 1. The average molecular weight is 332 g/mol. The predicted molar refractivity (Wildman–Crippen MR) is 85.9 cm³/mol. The third-order valence-electron chi connectivity index (χ3n) is 4.01. The van der Waals surface area contributed by atoms with Crippen LogP contribution in [0.25, 0.3) is 0 Å². The number of sulfonamides is 1. The third kappa shape index (κ3) is 3.88. The van der Waals surface area contributed by atoms with Crippen LogP contribution in [0.3, 0.4) is 0 Å². The zero-order chi connectivity index (χ0) is 15.6. The normalized spacial score (nSPS) is 18.3. The maximum atomic E-state index is 12.6. The highest BCUT2D eigenvalue weighted by Crippen LogP contribution is 2.26. The van der Waals surface area contributed by atoms with Gasteiger partial charge in [0.2, 0.25) is 10.0 Å². The molecule has 7 heteroatoms. The van der Waals surface area contributed by atoms with Gasteiger partial charge in [-0.15, -0.1) is 0 Å². The van der Waals surface area contributed by atoms with E-state index in [0.717, 1.165) is 25.9 Å². The summed E-state index contributed by atoms with van der Waals surface area (Å²) in [6.07, 6.45) is 2.04. The molecular formula is C14H22ClN3O2S. The van der Waals surface area contributed by atoms with Crippen molar-refractivity contribution in [2.24, 2.45) is 5.92 Å². The summed E-state index contributed by atoms with van der Waals surface area (Å²) < 4.78 is 26.6. The molecule has 2 N–H and O–H groups in total. The van der Waals surface area contributed by atoms with Gasteiger partial charge in [-0.25, -0.2) is 12.7 Å². The van der Waals surface area contributed by atoms with Gasteiger partial charge in [-0.1, -0.05) is 11.6 Å². The topological polar surface area (TPSA) is 66.6 Å². The third-order valence-corrected chi connectivity index (χ3v) is 6.15. The molecule has 0 amide bonds. The van der Waals surface area contributed by atoms with E-state index < -0.39 is 10.0 Å². The van der Waals surface area contributed by atoms with Gasteiger partial charge in [-0.3, -0.25) is 0 Å². The largest absolute Gasteiger partial charge is 0.398 e. The van der Waals surface area contributed by atoms with Gasteiger partial charge in [0.1, 0.15) is 4.90 Å². The Morgan fingerprint density at radius 2 is 2.00 bits per heavy atom. The van der Waals surface area contributed by atoms with E-state index in [2.05, 4.69) is 11.9 Å². The van der Waals surface area contributed by atoms with E-state index in [0.29, 0.717) is 17.5 Å². The number of hydrogen-bond donors (Lipinski definition) is 1. The van der Waals surface area contributed by atoms with Gasteiger partial charge in [-0.2, -0.15) is 0 Å². The molecular weight excluding hydrogens is 310 g/mol. The summed E-state index contributed by atoms with van der Waals surface area (Å²) in [4.78, 5) is 2.39. The minimum absolute atomic E-state index is 0.127. The number of likely N-dealkylation sites (tertiary alicyclic amines) is 1. The molecule has 1 heterocycles. The highest BCUT2D eigenvalue weighted by molar-refractivity contribution is 7.89. The lowest BCUT2D eigenvalue weighted by Gasteiger charge is -2.31. The Kier molecular flexibility index (Phi) is 5.14. The van der Waals surface area contributed by atoms with Gasteiger partial charge in [0.25, 0.3) is 0 Å². The SMILES string of the molecule is CN1CCC(CN(C)S(=O)(=O)c2ccc(Cl)cc2N)CC1. The number of benzene rings is 1. The Balaban J connectivity index is 2.11. The van der Waals surface area contributed by atoms with Crippen molar-refractivity contribution in [1.82, 2.24) is 9.21 Å². The zero-order valence-electron chi connectivity index (χ0n) is 12.4. The highest BCUT2D eigenvalue weighted by Gasteiger charge is 2.27. The molecule has 1 aromatic rings. The second-order valence-electron chi connectivity index (χ2n) is 5.71. The molecule has 21 heavy (non-hydrogen) atoms. The minimum Gasteiger partial charge on any atom is -0.398 e. The summed E-state index contributed by atoms with van der Waals surface area (Å²) in [6.45, 7) is 2.56. The number of hydrogen-bond acceptors (Lipinski definition) is 4. The first-order valence-electron chi connectivity index (χ1n) is 7.00. The van der Waals surface area contributed by atoms with Crippen LogP contribution in [0.15, 0.2) is 23.1 Å². The van der Waals surface area contributed by atoms with Crippen LogP contribution < -0.4 is 5.73 Å². The van der Waals surface area contributed by atoms with Crippen molar-refractivity contribution < 1.29 is 8.42 Å². The van der Waals surface area contributed by atoms with Crippen molar-refractivity contribution in [1.29, 1.82) is 0 Å². The molecule has 1 aliphatic heterocycles. The summed E-state index contributed by atoms with van der Waals surface area (Å²) in [7, 11) is 0.138. The zero-order valence-corrected chi connectivity index (χ0v) is 14.0.